The van der Waals surface area contributed by atoms with Crippen LogP contribution in [0.15, 0.2) is 28.8 Å². The Labute approximate surface area is 93.9 Å². The van der Waals surface area contributed by atoms with Crippen LogP contribution < -0.4 is 5.73 Å². The van der Waals surface area contributed by atoms with Gasteiger partial charge in [-0.25, -0.2) is 0 Å². The summed E-state index contributed by atoms with van der Waals surface area (Å²) in [6.45, 7) is 2.32. The van der Waals surface area contributed by atoms with Crippen molar-refractivity contribution >= 4 is 12.4 Å². The molecule has 0 amide bonds. The first kappa shape index (κ1) is 11.7. The molecule has 0 fully saturated rings. The maximum Gasteiger partial charge on any atom is 0.223 e. The lowest BCUT2D eigenvalue weighted by atomic mass is 10.1. The number of rotatable bonds is 2. The first-order valence-corrected chi connectivity index (χ1v) is 4.39. The predicted molar refractivity (Wildman–Crippen MR) is 59.6 cm³/mol. The standard InChI is InChI=1S/C10H11N3O.ClH/c1-7-12-10(13-14-7)9-4-2-8(6-11)3-5-9;/h2-5H,6,11H2,1H3;1H. The van der Waals surface area contributed by atoms with Gasteiger partial charge < -0.3 is 10.3 Å². The van der Waals surface area contributed by atoms with Crippen LogP contribution in [-0.2, 0) is 6.54 Å². The molecule has 0 aliphatic carbocycles. The number of halogens is 1. The van der Waals surface area contributed by atoms with Gasteiger partial charge in [0.25, 0.3) is 0 Å². The number of aryl methyl sites for hydroxylation is 1. The lowest BCUT2D eigenvalue weighted by Crippen LogP contribution is -1.95. The highest BCUT2D eigenvalue weighted by Gasteiger charge is 2.04. The molecule has 1 aromatic carbocycles. The molecule has 0 atom stereocenters. The van der Waals surface area contributed by atoms with Crippen LogP contribution in [-0.4, -0.2) is 10.1 Å². The van der Waals surface area contributed by atoms with E-state index in [-0.39, 0.29) is 12.4 Å². The summed E-state index contributed by atoms with van der Waals surface area (Å²) >= 11 is 0. The van der Waals surface area contributed by atoms with Gasteiger partial charge in [-0.15, -0.1) is 12.4 Å². The maximum atomic E-state index is 5.49. The van der Waals surface area contributed by atoms with Gasteiger partial charge in [0.05, 0.1) is 0 Å². The number of nitrogens with zero attached hydrogens (tertiary/aromatic N) is 2. The smallest absolute Gasteiger partial charge is 0.223 e. The van der Waals surface area contributed by atoms with Gasteiger partial charge in [-0.3, -0.25) is 0 Å². The number of hydrogen-bond donors (Lipinski definition) is 1. The molecule has 0 bridgehead atoms. The van der Waals surface area contributed by atoms with Crippen molar-refractivity contribution in [2.24, 2.45) is 5.73 Å². The first-order valence-electron chi connectivity index (χ1n) is 4.39. The molecule has 5 heteroatoms. The van der Waals surface area contributed by atoms with Gasteiger partial charge in [0.1, 0.15) is 0 Å². The Bertz CT molecular complexity index is 424. The van der Waals surface area contributed by atoms with Gasteiger partial charge in [0.15, 0.2) is 0 Å². The highest BCUT2D eigenvalue weighted by atomic mass is 35.5. The van der Waals surface area contributed by atoms with E-state index in [9.17, 15) is 0 Å². The monoisotopic (exact) mass is 225 g/mol. The number of nitrogens with two attached hydrogens (primary N) is 1. The Hall–Kier alpha value is -1.39. The summed E-state index contributed by atoms with van der Waals surface area (Å²) in [7, 11) is 0. The molecule has 0 radical (unpaired) electrons. The molecule has 1 aromatic heterocycles. The molecule has 0 unspecified atom stereocenters. The molecule has 2 rings (SSSR count). The Kier molecular flexibility index (Phi) is 3.82. The fourth-order valence-corrected chi connectivity index (χ4v) is 1.21. The summed E-state index contributed by atoms with van der Waals surface area (Å²) < 4.78 is 4.89. The summed E-state index contributed by atoms with van der Waals surface area (Å²) in [5.74, 6) is 1.19. The van der Waals surface area contributed by atoms with Gasteiger partial charge in [-0.05, 0) is 5.56 Å². The quantitative estimate of drug-likeness (QED) is 0.848. The Morgan fingerprint density at radius 2 is 1.93 bits per heavy atom. The third-order valence-electron chi connectivity index (χ3n) is 1.98. The Morgan fingerprint density at radius 3 is 2.40 bits per heavy atom. The van der Waals surface area contributed by atoms with Crippen LogP contribution in [0.5, 0.6) is 0 Å². The van der Waals surface area contributed by atoms with Gasteiger partial charge in [-0.1, -0.05) is 29.4 Å². The molecule has 0 saturated carbocycles. The predicted octanol–water partition coefficient (Wildman–Crippen LogP) is 1.93. The third-order valence-corrected chi connectivity index (χ3v) is 1.98. The minimum Gasteiger partial charge on any atom is -0.339 e. The van der Waals surface area contributed by atoms with Crippen LogP contribution in [0.4, 0.5) is 0 Å². The second-order valence-electron chi connectivity index (χ2n) is 3.04. The number of hydrogen-bond acceptors (Lipinski definition) is 4. The van der Waals surface area contributed by atoms with Crippen molar-refractivity contribution in [3.63, 3.8) is 0 Å². The van der Waals surface area contributed by atoms with Crippen LogP contribution in [0.3, 0.4) is 0 Å². The molecule has 0 aliphatic heterocycles. The van der Waals surface area contributed by atoms with E-state index < -0.39 is 0 Å². The van der Waals surface area contributed by atoms with Crippen LogP contribution >= 0.6 is 12.4 Å². The van der Waals surface area contributed by atoms with Gasteiger partial charge in [0, 0.05) is 19.0 Å². The molecule has 1 heterocycles. The van der Waals surface area contributed by atoms with Crippen LogP contribution in [0.2, 0.25) is 0 Å². The van der Waals surface area contributed by atoms with E-state index in [0.717, 1.165) is 11.1 Å². The largest absolute Gasteiger partial charge is 0.339 e. The average Bonchev–Trinajstić information content (AvgIpc) is 2.65. The van der Waals surface area contributed by atoms with Crippen molar-refractivity contribution in [1.29, 1.82) is 0 Å². The molecule has 80 valence electrons. The molecular formula is C10H12ClN3O. The fourth-order valence-electron chi connectivity index (χ4n) is 1.21. The zero-order valence-corrected chi connectivity index (χ0v) is 9.12. The zero-order valence-electron chi connectivity index (χ0n) is 8.30. The highest BCUT2D eigenvalue weighted by Crippen LogP contribution is 2.15. The van der Waals surface area contributed by atoms with Crippen molar-refractivity contribution in [1.82, 2.24) is 10.1 Å². The Morgan fingerprint density at radius 1 is 1.27 bits per heavy atom. The molecule has 0 saturated heterocycles. The van der Waals surface area contributed by atoms with Crippen molar-refractivity contribution < 1.29 is 4.52 Å². The summed E-state index contributed by atoms with van der Waals surface area (Å²) in [5.41, 5.74) is 7.53. The topological polar surface area (TPSA) is 64.9 Å². The molecule has 15 heavy (non-hydrogen) atoms. The summed E-state index contributed by atoms with van der Waals surface area (Å²) in [6.07, 6.45) is 0. The maximum absolute atomic E-state index is 5.49. The van der Waals surface area contributed by atoms with E-state index in [1.54, 1.807) is 6.92 Å². The van der Waals surface area contributed by atoms with Crippen LogP contribution in [0.25, 0.3) is 11.4 Å². The van der Waals surface area contributed by atoms with Crippen molar-refractivity contribution in [2.75, 3.05) is 0 Å². The molecule has 0 aliphatic rings. The van der Waals surface area contributed by atoms with E-state index in [1.807, 2.05) is 24.3 Å². The van der Waals surface area contributed by atoms with E-state index in [4.69, 9.17) is 10.3 Å². The number of aromatic nitrogens is 2. The molecule has 4 nitrogen and oxygen atoms in total. The zero-order chi connectivity index (χ0) is 9.97. The minimum atomic E-state index is 0. The van der Waals surface area contributed by atoms with Crippen LogP contribution in [0, 0.1) is 6.92 Å². The lowest BCUT2D eigenvalue weighted by molar-refractivity contribution is 0.394. The first-order chi connectivity index (χ1) is 6.79. The Balaban J connectivity index is 0.00000112. The van der Waals surface area contributed by atoms with E-state index in [2.05, 4.69) is 10.1 Å². The van der Waals surface area contributed by atoms with Gasteiger partial charge in [-0.2, -0.15) is 4.98 Å². The minimum absolute atomic E-state index is 0. The van der Waals surface area contributed by atoms with Crippen molar-refractivity contribution in [3.05, 3.63) is 35.7 Å². The molecule has 2 aromatic rings. The summed E-state index contributed by atoms with van der Waals surface area (Å²) in [4.78, 5) is 4.13. The second kappa shape index (κ2) is 4.91. The molecule has 0 spiro atoms. The summed E-state index contributed by atoms with van der Waals surface area (Å²) in [5, 5.41) is 3.82. The number of benzene rings is 1. The molecule has 2 N–H and O–H groups in total. The van der Waals surface area contributed by atoms with Crippen LogP contribution in [0.1, 0.15) is 11.5 Å². The van der Waals surface area contributed by atoms with E-state index in [0.29, 0.717) is 18.3 Å². The van der Waals surface area contributed by atoms with Gasteiger partial charge in [0.2, 0.25) is 11.7 Å². The fraction of sp³-hybridized carbons (Fsp3) is 0.200. The molecular weight excluding hydrogens is 214 g/mol. The second-order valence-corrected chi connectivity index (χ2v) is 3.04. The van der Waals surface area contributed by atoms with E-state index >= 15 is 0 Å². The van der Waals surface area contributed by atoms with E-state index in [1.165, 1.54) is 0 Å². The van der Waals surface area contributed by atoms with Crippen molar-refractivity contribution in [3.8, 4) is 11.4 Å². The average molecular weight is 226 g/mol. The third kappa shape index (κ3) is 2.55. The SMILES string of the molecule is Cc1nc(-c2ccc(CN)cc2)no1.Cl. The highest BCUT2D eigenvalue weighted by molar-refractivity contribution is 5.85. The normalized spacial score (nSPS) is 9.73. The van der Waals surface area contributed by atoms with Crippen molar-refractivity contribution in [2.45, 2.75) is 13.5 Å². The summed E-state index contributed by atoms with van der Waals surface area (Å²) in [6, 6.07) is 7.79. The lowest BCUT2D eigenvalue weighted by Gasteiger charge is -1.96. The van der Waals surface area contributed by atoms with Gasteiger partial charge >= 0.3 is 0 Å².